The molecule has 2 aromatic carbocycles. The number of carbonyl (C=O) groups excluding carboxylic acids is 2. The maximum atomic E-state index is 13.9. The molecule has 1 aliphatic rings. The topological polar surface area (TPSA) is 72.6 Å². The lowest BCUT2D eigenvalue weighted by Crippen LogP contribution is -2.36. The maximum Gasteiger partial charge on any atom is 0.316 e. The average molecular weight is 414 g/mol. The largest absolute Gasteiger partial charge is 0.455 e. The van der Waals surface area contributed by atoms with E-state index in [1.165, 1.54) is 6.07 Å². The van der Waals surface area contributed by atoms with Crippen molar-refractivity contribution in [1.82, 2.24) is 9.88 Å². The smallest absolute Gasteiger partial charge is 0.316 e. The molecule has 6 nitrogen and oxygen atoms in total. The van der Waals surface area contributed by atoms with Gasteiger partial charge in [0.2, 0.25) is 0 Å². The van der Waals surface area contributed by atoms with Crippen molar-refractivity contribution in [3.8, 4) is 0 Å². The average Bonchev–Trinajstić information content (AvgIpc) is 3.48. The Morgan fingerprint density at radius 2 is 1.93 bits per heavy atom. The highest BCUT2D eigenvalue weighted by Crippen LogP contribution is 2.29. The summed E-state index contributed by atoms with van der Waals surface area (Å²) in [4.78, 5) is 30.4. The molecular weight excluding hydrogens is 395 g/mol. The van der Waals surface area contributed by atoms with Crippen molar-refractivity contribution >= 4 is 34.7 Å². The predicted octanol–water partition coefficient (Wildman–Crippen LogP) is 3.79. The predicted molar refractivity (Wildman–Crippen MR) is 106 cm³/mol. The molecule has 0 radical (unpaired) electrons. The molecule has 0 saturated heterocycles. The number of hydrogen-bond acceptors (Lipinski definition) is 6. The van der Waals surface area contributed by atoms with Crippen LogP contribution in [0.3, 0.4) is 0 Å². The van der Waals surface area contributed by atoms with Crippen molar-refractivity contribution in [3.05, 3.63) is 59.9 Å². The molecular formula is C21H19FN2O4S. The summed E-state index contributed by atoms with van der Waals surface area (Å²) < 4.78 is 24.6. The van der Waals surface area contributed by atoms with Crippen LogP contribution in [0.1, 0.15) is 18.4 Å². The summed E-state index contributed by atoms with van der Waals surface area (Å²) in [6, 6.07) is 13.8. The highest BCUT2D eigenvalue weighted by molar-refractivity contribution is 7.99. The van der Waals surface area contributed by atoms with E-state index in [9.17, 15) is 14.0 Å². The molecule has 0 N–H and O–H groups in total. The summed E-state index contributed by atoms with van der Waals surface area (Å²) in [5, 5.41) is 0.369. The molecule has 0 bridgehead atoms. The number of para-hydroxylation sites is 2. The van der Waals surface area contributed by atoms with E-state index in [2.05, 4.69) is 4.98 Å². The van der Waals surface area contributed by atoms with E-state index in [0.717, 1.165) is 24.6 Å². The highest BCUT2D eigenvalue weighted by Gasteiger charge is 2.33. The molecule has 4 rings (SSSR count). The van der Waals surface area contributed by atoms with Gasteiger partial charge >= 0.3 is 5.97 Å². The van der Waals surface area contributed by atoms with Gasteiger partial charge in [-0.25, -0.2) is 9.37 Å². The minimum Gasteiger partial charge on any atom is -0.455 e. The molecule has 150 valence electrons. The Hall–Kier alpha value is -2.87. The second-order valence-corrected chi connectivity index (χ2v) is 7.67. The minimum atomic E-state index is -0.535. The summed E-state index contributed by atoms with van der Waals surface area (Å²) in [7, 11) is 0. The number of oxazole rings is 1. The van der Waals surface area contributed by atoms with Crippen LogP contribution in [0.4, 0.5) is 4.39 Å². The Kier molecular flexibility index (Phi) is 5.80. The van der Waals surface area contributed by atoms with Crippen LogP contribution in [-0.2, 0) is 20.9 Å². The number of thioether (sulfide) groups is 1. The molecule has 1 aliphatic carbocycles. The van der Waals surface area contributed by atoms with Crippen LogP contribution in [0.15, 0.2) is 58.2 Å². The molecule has 0 atom stereocenters. The molecule has 1 amide bonds. The molecule has 0 spiro atoms. The van der Waals surface area contributed by atoms with Crippen LogP contribution in [-0.4, -0.2) is 40.2 Å². The number of nitrogens with zero attached hydrogens (tertiary/aromatic N) is 2. The van der Waals surface area contributed by atoms with Crippen LogP contribution >= 0.6 is 11.8 Å². The third kappa shape index (κ3) is 4.95. The molecule has 1 fully saturated rings. The quantitative estimate of drug-likeness (QED) is 0.412. The number of ether oxygens (including phenoxy) is 1. The van der Waals surface area contributed by atoms with Crippen molar-refractivity contribution < 1.29 is 23.1 Å². The van der Waals surface area contributed by atoms with Gasteiger partial charge in [0.1, 0.15) is 17.1 Å². The molecule has 29 heavy (non-hydrogen) atoms. The van der Waals surface area contributed by atoms with E-state index in [0.29, 0.717) is 21.9 Å². The number of rotatable bonds is 8. The van der Waals surface area contributed by atoms with E-state index >= 15 is 0 Å². The van der Waals surface area contributed by atoms with Gasteiger partial charge in [-0.2, -0.15) is 0 Å². The van der Waals surface area contributed by atoms with Gasteiger partial charge < -0.3 is 14.1 Å². The number of aromatic nitrogens is 1. The van der Waals surface area contributed by atoms with E-state index in [1.54, 1.807) is 29.2 Å². The van der Waals surface area contributed by atoms with Crippen molar-refractivity contribution in [3.63, 3.8) is 0 Å². The van der Waals surface area contributed by atoms with Crippen molar-refractivity contribution in [2.24, 2.45) is 0 Å². The summed E-state index contributed by atoms with van der Waals surface area (Å²) in [5.74, 6) is -1.22. The van der Waals surface area contributed by atoms with Crippen molar-refractivity contribution in [1.29, 1.82) is 0 Å². The minimum absolute atomic E-state index is 0.0170. The van der Waals surface area contributed by atoms with Gasteiger partial charge in [0.05, 0.1) is 0 Å². The Morgan fingerprint density at radius 1 is 1.17 bits per heavy atom. The van der Waals surface area contributed by atoms with Gasteiger partial charge in [-0.05, 0) is 31.0 Å². The second-order valence-electron chi connectivity index (χ2n) is 6.74. The van der Waals surface area contributed by atoms with E-state index in [-0.39, 0.29) is 36.7 Å². The van der Waals surface area contributed by atoms with Gasteiger partial charge in [0.25, 0.3) is 11.1 Å². The molecule has 1 heterocycles. The number of halogens is 1. The maximum absolute atomic E-state index is 13.9. The molecule has 1 saturated carbocycles. The van der Waals surface area contributed by atoms with Crippen LogP contribution < -0.4 is 0 Å². The molecule has 1 aromatic heterocycles. The van der Waals surface area contributed by atoms with Gasteiger partial charge in [-0.3, -0.25) is 9.59 Å². The lowest BCUT2D eigenvalue weighted by molar-refractivity contribution is -0.150. The fraction of sp³-hybridized carbons (Fsp3) is 0.286. The number of amides is 1. The lowest BCUT2D eigenvalue weighted by Gasteiger charge is -2.22. The van der Waals surface area contributed by atoms with Gasteiger partial charge in [-0.15, -0.1) is 0 Å². The van der Waals surface area contributed by atoms with Crippen LogP contribution in [0, 0.1) is 5.82 Å². The zero-order valence-electron chi connectivity index (χ0n) is 15.5. The van der Waals surface area contributed by atoms with Gasteiger partial charge in [0.15, 0.2) is 12.2 Å². The SMILES string of the molecule is O=C(CSc1nc2ccccc2o1)OCC(=O)N(Cc1ccccc1F)C1CC1. The lowest BCUT2D eigenvalue weighted by atomic mass is 10.2. The zero-order valence-corrected chi connectivity index (χ0v) is 16.4. The van der Waals surface area contributed by atoms with Crippen LogP contribution in [0.2, 0.25) is 0 Å². The standard InChI is InChI=1S/C21H19FN2O4S/c22-16-6-2-1-5-14(16)11-24(15-9-10-15)19(25)12-27-20(26)13-29-21-23-17-7-3-4-8-18(17)28-21/h1-8,15H,9-13H2. The molecule has 8 heteroatoms. The third-order valence-corrected chi connectivity index (χ3v) is 5.35. The van der Waals surface area contributed by atoms with Crippen molar-refractivity contribution in [2.45, 2.75) is 30.7 Å². The Bertz CT molecular complexity index is 1000. The van der Waals surface area contributed by atoms with Gasteiger partial charge in [-0.1, -0.05) is 42.1 Å². The Balaban J connectivity index is 1.28. The third-order valence-electron chi connectivity index (χ3n) is 4.55. The van der Waals surface area contributed by atoms with E-state index in [1.807, 2.05) is 18.2 Å². The fourth-order valence-corrected chi connectivity index (χ4v) is 3.55. The first-order valence-corrected chi connectivity index (χ1v) is 10.3. The summed E-state index contributed by atoms with van der Waals surface area (Å²) in [6.07, 6.45) is 1.75. The normalized spacial score (nSPS) is 13.4. The Labute approximate surface area is 171 Å². The number of fused-ring (bicyclic) bond motifs is 1. The number of esters is 1. The number of benzene rings is 2. The second kappa shape index (κ2) is 8.65. The van der Waals surface area contributed by atoms with Gasteiger partial charge in [0, 0.05) is 18.2 Å². The fourth-order valence-electron chi connectivity index (χ4n) is 2.92. The summed E-state index contributed by atoms with van der Waals surface area (Å²) in [5.41, 5.74) is 1.81. The number of hydrogen-bond donors (Lipinski definition) is 0. The first-order chi connectivity index (χ1) is 14.1. The van der Waals surface area contributed by atoms with Crippen LogP contribution in [0.5, 0.6) is 0 Å². The zero-order chi connectivity index (χ0) is 20.2. The molecule has 0 aliphatic heterocycles. The molecule has 0 unspecified atom stereocenters. The van der Waals surface area contributed by atoms with E-state index in [4.69, 9.17) is 9.15 Å². The summed E-state index contributed by atoms with van der Waals surface area (Å²) in [6.45, 7) is -0.191. The van der Waals surface area contributed by atoms with E-state index < -0.39 is 5.97 Å². The first-order valence-electron chi connectivity index (χ1n) is 9.27. The first kappa shape index (κ1) is 19.4. The van der Waals surface area contributed by atoms with Crippen molar-refractivity contribution in [2.75, 3.05) is 12.4 Å². The molecule has 3 aromatic rings. The summed E-state index contributed by atoms with van der Waals surface area (Å²) >= 11 is 1.11. The van der Waals surface area contributed by atoms with Crippen LogP contribution in [0.25, 0.3) is 11.1 Å². The Morgan fingerprint density at radius 3 is 2.69 bits per heavy atom. The number of carbonyl (C=O) groups is 2. The monoisotopic (exact) mass is 414 g/mol. The highest BCUT2D eigenvalue weighted by atomic mass is 32.2.